The zero-order valence-corrected chi connectivity index (χ0v) is 8.67. The van der Waals surface area contributed by atoms with Crippen LogP contribution in [0.25, 0.3) is 0 Å². The second kappa shape index (κ2) is 11.2. The molecule has 13 heavy (non-hydrogen) atoms. The van der Waals surface area contributed by atoms with E-state index < -0.39 is 0 Å². The van der Waals surface area contributed by atoms with E-state index in [4.69, 9.17) is 0 Å². The molecular formula is C13H22. The van der Waals surface area contributed by atoms with Gasteiger partial charge >= 0.3 is 0 Å². The van der Waals surface area contributed by atoms with Crippen LogP contribution in [0.15, 0.2) is 37.5 Å². The standard InChI is InChI=1S/C7H12.C6H10/c1-3-5-7-6-4-2;1-2-4-6-5-3-1/h3-4H,1-2,5-7H2;1-2H,3-6H2. The predicted molar refractivity (Wildman–Crippen MR) is 61.9 cm³/mol. The van der Waals surface area contributed by atoms with Gasteiger partial charge in [-0.25, -0.2) is 0 Å². The smallest absolute Gasteiger partial charge is 0.0350 e. The largest absolute Gasteiger partial charge is 0.103 e. The van der Waals surface area contributed by atoms with E-state index in [0.29, 0.717) is 0 Å². The molecule has 0 nitrogen and oxygen atoms in total. The van der Waals surface area contributed by atoms with Gasteiger partial charge in [-0.2, -0.15) is 0 Å². The molecule has 0 saturated heterocycles. The normalized spacial score (nSPS) is 14.2. The molecule has 0 saturated carbocycles. The lowest BCUT2D eigenvalue weighted by molar-refractivity contribution is 0.730. The van der Waals surface area contributed by atoms with Crippen molar-refractivity contribution in [2.75, 3.05) is 0 Å². The maximum atomic E-state index is 3.60. The quantitative estimate of drug-likeness (QED) is 0.434. The van der Waals surface area contributed by atoms with Crippen LogP contribution in [0.1, 0.15) is 44.9 Å². The summed E-state index contributed by atoms with van der Waals surface area (Å²) in [5.41, 5.74) is 0. The third kappa shape index (κ3) is 11.2. The van der Waals surface area contributed by atoms with Crippen molar-refractivity contribution < 1.29 is 0 Å². The third-order valence-electron chi connectivity index (χ3n) is 1.97. The maximum Gasteiger partial charge on any atom is -0.0350 e. The molecule has 0 N–H and O–H groups in total. The summed E-state index contributed by atoms with van der Waals surface area (Å²) in [6, 6.07) is 0. The first kappa shape index (κ1) is 12.2. The Balaban J connectivity index is 0.000000223. The molecule has 0 atom stereocenters. The van der Waals surface area contributed by atoms with E-state index in [1.165, 1.54) is 32.1 Å². The van der Waals surface area contributed by atoms with E-state index in [1.807, 2.05) is 12.2 Å². The Morgan fingerprint density at radius 3 is 1.62 bits per heavy atom. The Bertz CT molecular complexity index is 126. The molecule has 0 aromatic heterocycles. The van der Waals surface area contributed by atoms with Gasteiger partial charge in [0.25, 0.3) is 0 Å². The number of unbranched alkanes of at least 4 members (excludes halogenated alkanes) is 2. The molecule has 0 radical (unpaired) electrons. The zero-order valence-electron chi connectivity index (χ0n) is 8.67. The molecule has 0 spiro atoms. The van der Waals surface area contributed by atoms with E-state index in [1.54, 1.807) is 0 Å². The van der Waals surface area contributed by atoms with E-state index in [0.717, 1.165) is 12.8 Å². The lowest BCUT2D eigenvalue weighted by atomic mass is 10.1. The Morgan fingerprint density at radius 2 is 1.38 bits per heavy atom. The van der Waals surface area contributed by atoms with E-state index in [-0.39, 0.29) is 0 Å². The van der Waals surface area contributed by atoms with Gasteiger partial charge in [-0.05, 0) is 44.9 Å². The minimum atomic E-state index is 1.12. The lowest BCUT2D eigenvalue weighted by Gasteiger charge is -1.97. The highest BCUT2D eigenvalue weighted by Gasteiger charge is 1.87. The van der Waals surface area contributed by atoms with Crippen LogP contribution >= 0.6 is 0 Å². The van der Waals surface area contributed by atoms with Crippen molar-refractivity contribution in [3.05, 3.63) is 37.5 Å². The lowest BCUT2D eigenvalue weighted by Crippen LogP contribution is -1.77. The van der Waals surface area contributed by atoms with E-state index >= 15 is 0 Å². The summed E-state index contributed by atoms with van der Waals surface area (Å²) in [7, 11) is 0. The van der Waals surface area contributed by atoms with Crippen molar-refractivity contribution in [2.45, 2.75) is 44.9 Å². The predicted octanol–water partition coefficient (Wildman–Crippen LogP) is 4.65. The topological polar surface area (TPSA) is 0 Å². The molecule has 0 heterocycles. The fraction of sp³-hybridized carbons (Fsp3) is 0.538. The first-order chi connectivity index (χ1) is 6.41. The molecular weight excluding hydrogens is 156 g/mol. The van der Waals surface area contributed by atoms with Crippen LogP contribution in [0, 0.1) is 0 Å². The number of hydrogen-bond donors (Lipinski definition) is 0. The zero-order chi connectivity index (χ0) is 9.78. The summed E-state index contributed by atoms with van der Waals surface area (Å²) in [5, 5.41) is 0. The molecule has 1 rings (SSSR count). The Kier molecular flexibility index (Phi) is 10.5. The van der Waals surface area contributed by atoms with E-state index in [9.17, 15) is 0 Å². The van der Waals surface area contributed by atoms with Gasteiger partial charge in [-0.1, -0.05) is 24.3 Å². The van der Waals surface area contributed by atoms with Crippen LogP contribution in [0.3, 0.4) is 0 Å². The highest BCUT2D eigenvalue weighted by atomic mass is 13.9. The molecule has 1 aliphatic rings. The van der Waals surface area contributed by atoms with Crippen LogP contribution in [-0.4, -0.2) is 0 Å². The Labute approximate surface area is 83.0 Å². The minimum absolute atomic E-state index is 1.12. The monoisotopic (exact) mass is 178 g/mol. The van der Waals surface area contributed by atoms with Crippen molar-refractivity contribution in [3.8, 4) is 0 Å². The number of hydrogen-bond acceptors (Lipinski definition) is 0. The van der Waals surface area contributed by atoms with Crippen LogP contribution < -0.4 is 0 Å². The first-order valence-electron chi connectivity index (χ1n) is 5.28. The summed E-state index contributed by atoms with van der Waals surface area (Å²) < 4.78 is 0. The Morgan fingerprint density at radius 1 is 0.923 bits per heavy atom. The van der Waals surface area contributed by atoms with Gasteiger partial charge in [-0.15, -0.1) is 13.2 Å². The summed E-state index contributed by atoms with van der Waals surface area (Å²) in [6.07, 6.45) is 17.3. The van der Waals surface area contributed by atoms with Crippen molar-refractivity contribution in [1.82, 2.24) is 0 Å². The van der Waals surface area contributed by atoms with Gasteiger partial charge in [-0.3, -0.25) is 0 Å². The summed E-state index contributed by atoms with van der Waals surface area (Å²) in [5.74, 6) is 0. The number of rotatable bonds is 4. The molecule has 1 aliphatic carbocycles. The molecule has 0 fully saturated rings. The third-order valence-corrected chi connectivity index (χ3v) is 1.97. The van der Waals surface area contributed by atoms with E-state index in [2.05, 4.69) is 25.3 Å². The molecule has 0 unspecified atom stereocenters. The highest BCUT2D eigenvalue weighted by Crippen LogP contribution is 2.07. The molecule has 0 aromatic rings. The molecule has 0 bridgehead atoms. The van der Waals surface area contributed by atoms with Crippen molar-refractivity contribution in [3.63, 3.8) is 0 Å². The second-order valence-electron chi connectivity index (χ2n) is 3.26. The van der Waals surface area contributed by atoms with Crippen molar-refractivity contribution in [2.24, 2.45) is 0 Å². The summed E-state index contributed by atoms with van der Waals surface area (Å²) in [6.45, 7) is 7.20. The fourth-order valence-corrected chi connectivity index (χ4v) is 1.17. The summed E-state index contributed by atoms with van der Waals surface area (Å²) >= 11 is 0. The number of allylic oxidation sites excluding steroid dienone is 4. The van der Waals surface area contributed by atoms with Crippen LogP contribution in [-0.2, 0) is 0 Å². The van der Waals surface area contributed by atoms with Gasteiger partial charge in [0.15, 0.2) is 0 Å². The Hall–Kier alpha value is -0.780. The summed E-state index contributed by atoms with van der Waals surface area (Å²) in [4.78, 5) is 0. The van der Waals surface area contributed by atoms with Crippen LogP contribution in [0.5, 0.6) is 0 Å². The minimum Gasteiger partial charge on any atom is -0.103 e. The van der Waals surface area contributed by atoms with Crippen molar-refractivity contribution in [1.29, 1.82) is 0 Å². The van der Waals surface area contributed by atoms with Crippen LogP contribution in [0.2, 0.25) is 0 Å². The van der Waals surface area contributed by atoms with Crippen LogP contribution in [0.4, 0.5) is 0 Å². The maximum absolute atomic E-state index is 3.60. The average Bonchev–Trinajstić information content (AvgIpc) is 2.22. The van der Waals surface area contributed by atoms with Gasteiger partial charge in [0, 0.05) is 0 Å². The molecule has 0 heteroatoms. The molecule has 74 valence electrons. The molecule has 0 aromatic carbocycles. The van der Waals surface area contributed by atoms with Gasteiger partial charge < -0.3 is 0 Å². The average molecular weight is 178 g/mol. The molecule has 0 aliphatic heterocycles. The van der Waals surface area contributed by atoms with Crippen molar-refractivity contribution >= 4 is 0 Å². The van der Waals surface area contributed by atoms with Gasteiger partial charge in [0.2, 0.25) is 0 Å². The fourth-order valence-electron chi connectivity index (χ4n) is 1.17. The SMILES string of the molecule is C1=CCCCC1.C=CCCCC=C. The second-order valence-corrected chi connectivity index (χ2v) is 3.26. The highest BCUT2D eigenvalue weighted by molar-refractivity contribution is 4.85. The van der Waals surface area contributed by atoms with Gasteiger partial charge in [0.05, 0.1) is 0 Å². The van der Waals surface area contributed by atoms with Gasteiger partial charge in [0.1, 0.15) is 0 Å². The first-order valence-corrected chi connectivity index (χ1v) is 5.28. The molecule has 0 amide bonds.